The number of anilines is 3. The maximum atomic E-state index is 12.3. The monoisotopic (exact) mass is 498 g/mol. The van der Waals surface area contributed by atoms with Gasteiger partial charge in [-0.1, -0.05) is 0 Å². The van der Waals surface area contributed by atoms with Gasteiger partial charge in [-0.25, -0.2) is 28.3 Å². The van der Waals surface area contributed by atoms with Crippen LogP contribution in [0.15, 0.2) is 59.6 Å². The van der Waals surface area contributed by atoms with Gasteiger partial charge in [0.15, 0.2) is 17.4 Å². The summed E-state index contributed by atoms with van der Waals surface area (Å²) in [6.07, 6.45) is 1.68. The predicted octanol–water partition coefficient (Wildman–Crippen LogP) is 2.67. The first kappa shape index (κ1) is 24.4. The van der Waals surface area contributed by atoms with E-state index in [1.54, 1.807) is 18.3 Å². The van der Waals surface area contributed by atoms with Crippen LogP contribution in [0.5, 0.6) is 5.75 Å². The third kappa shape index (κ3) is 6.23. The van der Waals surface area contributed by atoms with E-state index < -0.39 is 16.1 Å². The second-order valence-electron chi connectivity index (χ2n) is 7.64. The molecule has 0 atom stereocenters. The molecule has 0 aliphatic carbocycles. The van der Waals surface area contributed by atoms with Crippen molar-refractivity contribution in [2.24, 2.45) is 5.14 Å². The second-order valence-corrected chi connectivity index (χ2v) is 9.20. The summed E-state index contributed by atoms with van der Waals surface area (Å²) in [7, 11) is -3.79. The van der Waals surface area contributed by atoms with Crippen molar-refractivity contribution in [1.29, 1.82) is 0 Å². The number of benzene rings is 2. The summed E-state index contributed by atoms with van der Waals surface area (Å²) in [6.45, 7) is 5.13. The quantitative estimate of drug-likeness (QED) is 0.450. The summed E-state index contributed by atoms with van der Waals surface area (Å²) in [5.74, 6) is 1.90. The van der Waals surface area contributed by atoms with E-state index in [0.717, 1.165) is 24.5 Å². The molecule has 0 bridgehead atoms. The number of primary sulfonamides is 1. The Bertz CT molecular complexity index is 1280. The van der Waals surface area contributed by atoms with E-state index in [2.05, 4.69) is 20.5 Å². The highest BCUT2D eigenvalue weighted by molar-refractivity contribution is 7.89. The van der Waals surface area contributed by atoms with Crippen LogP contribution in [0.1, 0.15) is 6.92 Å². The number of carbonyl (C=O) groups excluding carboxylic acids is 1. The van der Waals surface area contributed by atoms with Crippen LogP contribution in [0, 0.1) is 0 Å². The van der Waals surface area contributed by atoms with Crippen LogP contribution in [0.25, 0.3) is 11.4 Å². The Balaban J connectivity index is 1.44. The fourth-order valence-electron chi connectivity index (χ4n) is 3.48. The Kier molecular flexibility index (Phi) is 7.44. The summed E-state index contributed by atoms with van der Waals surface area (Å²) >= 11 is 0. The van der Waals surface area contributed by atoms with Crippen LogP contribution in [-0.4, -0.2) is 57.3 Å². The Labute approximate surface area is 203 Å². The van der Waals surface area contributed by atoms with Gasteiger partial charge in [-0.2, -0.15) is 0 Å². The molecule has 35 heavy (non-hydrogen) atoms. The zero-order valence-corrected chi connectivity index (χ0v) is 19.9. The van der Waals surface area contributed by atoms with Gasteiger partial charge in [-0.3, -0.25) is 0 Å². The first-order valence-corrected chi connectivity index (χ1v) is 12.5. The average Bonchev–Trinajstić information content (AvgIpc) is 2.85. The summed E-state index contributed by atoms with van der Waals surface area (Å²) in [6, 6.07) is 12.2. The molecular weight excluding hydrogens is 472 g/mol. The van der Waals surface area contributed by atoms with Gasteiger partial charge in [0.25, 0.3) is 0 Å². The van der Waals surface area contributed by atoms with Gasteiger partial charge in [0.05, 0.1) is 30.9 Å². The number of hydrogen-bond acceptors (Lipinski definition) is 8. The van der Waals surface area contributed by atoms with E-state index in [0.29, 0.717) is 42.8 Å². The van der Waals surface area contributed by atoms with Crippen LogP contribution in [-0.2, 0) is 14.8 Å². The molecule has 1 aliphatic heterocycles. The highest BCUT2D eigenvalue weighted by Crippen LogP contribution is 2.29. The number of amides is 2. The first-order chi connectivity index (χ1) is 16.8. The lowest BCUT2D eigenvalue weighted by molar-refractivity contribution is 0.122. The fraction of sp³-hybridized carbons (Fsp3) is 0.261. The molecule has 0 spiro atoms. The van der Waals surface area contributed by atoms with Gasteiger partial charge < -0.3 is 25.0 Å². The van der Waals surface area contributed by atoms with Crippen molar-refractivity contribution < 1.29 is 22.7 Å². The molecule has 11 nitrogen and oxygen atoms in total. The van der Waals surface area contributed by atoms with Gasteiger partial charge >= 0.3 is 6.03 Å². The lowest BCUT2D eigenvalue weighted by atomic mass is 10.2. The van der Waals surface area contributed by atoms with Crippen LogP contribution in [0.4, 0.5) is 22.0 Å². The number of morpholine rings is 1. The molecular formula is C23H26N6O5S. The molecule has 0 unspecified atom stereocenters. The molecule has 2 aromatic carbocycles. The summed E-state index contributed by atoms with van der Waals surface area (Å²) in [4.78, 5) is 23.6. The topological polar surface area (TPSA) is 149 Å². The molecule has 4 N–H and O–H groups in total. The number of ether oxygens (including phenoxy) is 2. The molecule has 0 saturated carbocycles. The molecule has 1 aromatic heterocycles. The zero-order valence-electron chi connectivity index (χ0n) is 19.1. The highest BCUT2D eigenvalue weighted by atomic mass is 32.2. The minimum atomic E-state index is -3.79. The minimum Gasteiger partial charge on any atom is -0.488 e. The van der Waals surface area contributed by atoms with Gasteiger partial charge in [-0.05, 0) is 55.5 Å². The van der Waals surface area contributed by atoms with Crippen LogP contribution >= 0.6 is 0 Å². The Morgan fingerprint density at radius 2 is 1.66 bits per heavy atom. The van der Waals surface area contributed by atoms with E-state index in [1.165, 1.54) is 24.3 Å². The zero-order chi connectivity index (χ0) is 24.8. The second kappa shape index (κ2) is 10.7. The van der Waals surface area contributed by atoms with Crippen molar-refractivity contribution in [2.45, 2.75) is 11.8 Å². The lowest BCUT2D eigenvalue weighted by Gasteiger charge is -2.29. The SMILES string of the molecule is CCOc1cnc(-c2ccc(NC(=O)Nc3ccc(S(N)(=O)=O)cc3)cc2)nc1N1CCOCC1. The number of nitrogens with one attached hydrogen (secondary N) is 2. The average molecular weight is 499 g/mol. The van der Waals surface area contributed by atoms with Crippen LogP contribution in [0.3, 0.4) is 0 Å². The number of urea groups is 1. The molecule has 2 heterocycles. The summed E-state index contributed by atoms with van der Waals surface area (Å²) in [5.41, 5.74) is 1.77. The molecule has 12 heteroatoms. The van der Waals surface area contributed by atoms with Crippen molar-refractivity contribution in [3.8, 4) is 17.1 Å². The van der Waals surface area contributed by atoms with Gasteiger partial charge in [-0.15, -0.1) is 0 Å². The van der Waals surface area contributed by atoms with Crippen molar-refractivity contribution >= 4 is 33.2 Å². The third-order valence-corrected chi connectivity index (χ3v) is 6.12. The first-order valence-electron chi connectivity index (χ1n) is 11.0. The van der Waals surface area contributed by atoms with E-state index in [4.69, 9.17) is 19.6 Å². The molecule has 4 rings (SSSR count). The van der Waals surface area contributed by atoms with Crippen molar-refractivity contribution in [3.63, 3.8) is 0 Å². The number of hydrogen-bond donors (Lipinski definition) is 3. The maximum absolute atomic E-state index is 12.3. The third-order valence-electron chi connectivity index (χ3n) is 5.19. The molecule has 184 valence electrons. The standard InChI is InChI=1S/C23H26N6O5S/c1-2-34-20-15-25-21(28-22(20)29-11-13-33-14-12-29)16-3-5-17(6-4-16)26-23(30)27-18-7-9-19(10-8-18)35(24,31)32/h3-10,15H,2,11-14H2,1H3,(H2,24,31,32)(H2,26,27,30). The number of nitrogens with two attached hydrogens (primary N) is 1. The van der Waals surface area contributed by atoms with Gasteiger partial charge in [0.2, 0.25) is 10.0 Å². The van der Waals surface area contributed by atoms with E-state index in [1.807, 2.05) is 19.1 Å². The summed E-state index contributed by atoms with van der Waals surface area (Å²) in [5, 5.41) is 10.4. The van der Waals surface area contributed by atoms with E-state index in [-0.39, 0.29) is 4.90 Å². The van der Waals surface area contributed by atoms with Crippen molar-refractivity contribution in [3.05, 3.63) is 54.7 Å². The van der Waals surface area contributed by atoms with Crippen molar-refractivity contribution in [2.75, 3.05) is 48.4 Å². The summed E-state index contributed by atoms with van der Waals surface area (Å²) < 4.78 is 33.8. The highest BCUT2D eigenvalue weighted by Gasteiger charge is 2.19. The molecule has 1 aliphatic rings. The van der Waals surface area contributed by atoms with Crippen LogP contribution < -0.4 is 25.4 Å². The largest absolute Gasteiger partial charge is 0.488 e. The predicted molar refractivity (Wildman–Crippen MR) is 132 cm³/mol. The molecule has 3 aromatic rings. The van der Waals surface area contributed by atoms with Crippen molar-refractivity contribution in [1.82, 2.24) is 9.97 Å². The molecule has 2 amide bonds. The smallest absolute Gasteiger partial charge is 0.323 e. The Morgan fingerprint density at radius 1 is 1.06 bits per heavy atom. The Hall–Kier alpha value is -3.74. The number of sulfonamides is 1. The molecule has 1 saturated heterocycles. The normalized spacial score (nSPS) is 13.8. The maximum Gasteiger partial charge on any atom is 0.323 e. The lowest BCUT2D eigenvalue weighted by Crippen LogP contribution is -2.37. The van der Waals surface area contributed by atoms with Gasteiger partial charge in [0, 0.05) is 30.0 Å². The van der Waals surface area contributed by atoms with Crippen LogP contribution in [0.2, 0.25) is 0 Å². The number of rotatable bonds is 7. The van der Waals surface area contributed by atoms with E-state index in [9.17, 15) is 13.2 Å². The molecule has 1 fully saturated rings. The van der Waals surface area contributed by atoms with Gasteiger partial charge in [0.1, 0.15) is 0 Å². The fourth-order valence-corrected chi connectivity index (χ4v) is 4.00. The number of nitrogens with zero attached hydrogens (tertiary/aromatic N) is 3. The number of aromatic nitrogens is 2. The number of carbonyl (C=O) groups is 1. The Morgan fingerprint density at radius 3 is 2.23 bits per heavy atom. The van der Waals surface area contributed by atoms with E-state index >= 15 is 0 Å². The minimum absolute atomic E-state index is 0.0349. The molecule has 0 radical (unpaired) electrons.